The number of nitrogen functional groups attached to an aromatic ring is 1. The second kappa shape index (κ2) is 5.91. The lowest BCUT2D eigenvalue weighted by molar-refractivity contribution is 0.418. The fourth-order valence-electron chi connectivity index (χ4n) is 2.37. The van der Waals surface area contributed by atoms with Gasteiger partial charge in [-0.15, -0.1) is 0 Å². The Morgan fingerprint density at radius 3 is 2.83 bits per heavy atom. The molecule has 0 bridgehead atoms. The van der Waals surface area contributed by atoms with Crippen molar-refractivity contribution in [2.75, 3.05) is 12.8 Å². The molecule has 0 aliphatic heterocycles. The average molecular weight is 350 g/mol. The van der Waals surface area contributed by atoms with Crippen molar-refractivity contribution in [1.82, 2.24) is 9.97 Å². The lowest BCUT2D eigenvalue weighted by atomic mass is 9.98. The van der Waals surface area contributed by atoms with Gasteiger partial charge in [0.05, 0.1) is 27.6 Å². The van der Waals surface area contributed by atoms with E-state index in [-0.39, 0.29) is 39.2 Å². The number of methoxy groups -OCH3 is 1. The summed E-state index contributed by atoms with van der Waals surface area (Å²) in [5.74, 6) is -2.56. The number of benzene rings is 2. The first-order valence-corrected chi connectivity index (χ1v) is 6.82. The summed E-state index contributed by atoms with van der Waals surface area (Å²) >= 11 is 5.64. The van der Waals surface area contributed by atoms with Crippen LogP contribution >= 0.6 is 11.6 Å². The van der Waals surface area contributed by atoms with E-state index in [0.717, 1.165) is 18.5 Å². The van der Waals surface area contributed by atoms with E-state index < -0.39 is 23.7 Å². The first-order valence-electron chi connectivity index (χ1n) is 7.94. The molecule has 0 aliphatic rings. The minimum atomic E-state index is -2.88. The minimum Gasteiger partial charge on any atom is -0.495 e. The van der Waals surface area contributed by atoms with Crippen LogP contribution in [0.25, 0.3) is 22.0 Å². The van der Waals surface area contributed by atoms with Gasteiger partial charge >= 0.3 is 0 Å². The fraction of sp³-hybridized carbons (Fsp3) is 0.0625. The van der Waals surface area contributed by atoms with Crippen LogP contribution in [0.15, 0.2) is 24.5 Å². The van der Waals surface area contributed by atoms with Crippen LogP contribution in [0.4, 0.5) is 14.6 Å². The maximum absolute atomic E-state index is 14.5. The molecule has 24 heavy (non-hydrogen) atoms. The third-order valence-corrected chi connectivity index (χ3v) is 3.79. The third-order valence-electron chi connectivity index (χ3n) is 3.44. The van der Waals surface area contributed by atoms with E-state index in [1.807, 2.05) is 0 Å². The summed E-state index contributed by atoms with van der Waals surface area (Å²) in [4.78, 5) is 7.79. The molecule has 5 nitrogen and oxygen atoms in total. The lowest BCUT2D eigenvalue weighted by Crippen LogP contribution is -2.01. The molecule has 0 saturated heterocycles. The summed E-state index contributed by atoms with van der Waals surface area (Å²) in [5, 5.41) is 8.62. The second-order valence-corrected chi connectivity index (χ2v) is 5.10. The van der Waals surface area contributed by atoms with Gasteiger partial charge < -0.3 is 10.5 Å². The second-order valence-electron chi connectivity index (χ2n) is 4.72. The number of hydrogen-bond acceptors (Lipinski definition) is 5. The molecule has 0 unspecified atom stereocenters. The van der Waals surface area contributed by atoms with Gasteiger partial charge in [-0.25, -0.2) is 18.7 Å². The molecular weight excluding hydrogens is 338 g/mol. The Kier molecular flexibility index (Phi) is 3.06. The standard InChI is InChI=1S/C16H9ClF2N4O/c1-24-15-7(5-20)4-9(14-11(15)16(21)23-6-22-14)8-2-3-10(18)12(17)13(8)19/h2-4,6H,1H3,(H2,21,22,23)/i1D3. The monoisotopic (exact) mass is 349 g/mol. The molecule has 0 fully saturated rings. The molecule has 0 spiro atoms. The number of nitrogens with zero attached hydrogens (tertiary/aromatic N) is 3. The van der Waals surface area contributed by atoms with Crippen molar-refractivity contribution in [2.24, 2.45) is 0 Å². The largest absolute Gasteiger partial charge is 0.495 e. The summed E-state index contributed by atoms with van der Waals surface area (Å²) in [7, 11) is -2.88. The predicted octanol–water partition coefficient (Wildman–Crippen LogP) is 3.69. The number of halogens is 3. The maximum atomic E-state index is 14.5. The van der Waals surface area contributed by atoms with Gasteiger partial charge in [-0.2, -0.15) is 5.26 Å². The topological polar surface area (TPSA) is 84.8 Å². The van der Waals surface area contributed by atoms with Crippen LogP contribution < -0.4 is 10.5 Å². The number of hydrogen-bond donors (Lipinski definition) is 1. The maximum Gasteiger partial charge on any atom is 0.152 e. The van der Waals surface area contributed by atoms with Crippen molar-refractivity contribution >= 4 is 28.3 Å². The third kappa shape index (κ3) is 2.28. The van der Waals surface area contributed by atoms with Crippen molar-refractivity contribution in [3.05, 3.63) is 46.7 Å². The van der Waals surface area contributed by atoms with Crippen molar-refractivity contribution in [2.45, 2.75) is 0 Å². The van der Waals surface area contributed by atoms with Gasteiger partial charge in [-0.3, -0.25) is 0 Å². The lowest BCUT2D eigenvalue weighted by Gasteiger charge is -2.14. The Balaban J connectivity index is 2.44. The molecule has 120 valence electrons. The Hall–Kier alpha value is -2.98. The van der Waals surface area contributed by atoms with E-state index in [4.69, 9.17) is 26.2 Å². The summed E-state index contributed by atoms with van der Waals surface area (Å²) < 4.78 is 54.8. The molecule has 8 heteroatoms. The first kappa shape index (κ1) is 12.4. The van der Waals surface area contributed by atoms with Crippen LogP contribution in [0.1, 0.15) is 9.68 Å². The molecule has 2 aromatic carbocycles. The summed E-state index contributed by atoms with van der Waals surface area (Å²) in [5.41, 5.74) is 5.51. The Labute approximate surface area is 144 Å². The Bertz CT molecular complexity index is 1120. The van der Waals surface area contributed by atoms with Gasteiger partial charge in [-0.05, 0) is 18.2 Å². The van der Waals surface area contributed by atoms with Crippen molar-refractivity contribution in [3.63, 3.8) is 0 Å². The summed E-state index contributed by atoms with van der Waals surface area (Å²) in [6.45, 7) is 0. The van der Waals surface area contributed by atoms with Gasteiger partial charge in [0.1, 0.15) is 34.8 Å². The van der Waals surface area contributed by atoms with Crippen LogP contribution in [-0.2, 0) is 0 Å². The molecule has 0 atom stereocenters. The van der Waals surface area contributed by atoms with Crippen molar-refractivity contribution in [3.8, 4) is 22.9 Å². The highest BCUT2D eigenvalue weighted by Crippen LogP contribution is 2.40. The number of nitriles is 1. The van der Waals surface area contributed by atoms with Gasteiger partial charge in [0.2, 0.25) is 0 Å². The Morgan fingerprint density at radius 1 is 1.33 bits per heavy atom. The van der Waals surface area contributed by atoms with Crippen LogP contribution in [0.2, 0.25) is 5.02 Å². The van der Waals surface area contributed by atoms with Gasteiger partial charge in [0, 0.05) is 11.1 Å². The molecule has 1 heterocycles. The van der Waals surface area contributed by atoms with Crippen LogP contribution in [-0.4, -0.2) is 17.0 Å². The molecule has 0 saturated carbocycles. The SMILES string of the molecule is [2H]C([2H])([2H])Oc1c(C#N)cc(-c2ccc(F)c(Cl)c2F)c2ncnc(N)c12. The molecule has 3 aromatic rings. The van der Waals surface area contributed by atoms with Gasteiger partial charge in [0.25, 0.3) is 0 Å². The quantitative estimate of drug-likeness (QED) is 0.713. The number of rotatable bonds is 2. The zero-order valence-electron chi connectivity index (χ0n) is 14.8. The highest BCUT2D eigenvalue weighted by atomic mass is 35.5. The van der Waals surface area contributed by atoms with Crippen LogP contribution in [0.3, 0.4) is 0 Å². The number of anilines is 1. The van der Waals surface area contributed by atoms with Crippen molar-refractivity contribution < 1.29 is 17.6 Å². The van der Waals surface area contributed by atoms with E-state index in [0.29, 0.717) is 0 Å². The zero-order valence-corrected chi connectivity index (χ0v) is 12.5. The molecule has 1 aromatic heterocycles. The first-order chi connectivity index (χ1) is 12.6. The summed E-state index contributed by atoms with van der Waals surface area (Å²) in [6, 6.07) is 5.02. The molecule has 0 aliphatic carbocycles. The molecule has 2 N–H and O–H groups in total. The van der Waals surface area contributed by atoms with Crippen LogP contribution in [0.5, 0.6) is 5.75 Å². The van der Waals surface area contributed by atoms with E-state index >= 15 is 0 Å². The number of aromatic nitrogens is 2. The predicted molar refractivity (Wildman–Crippen MR) is 85.6 cm³/mol. The average Bonchev–Trinajstić information content (AvgIpc) is 2.59. The molecule has 3 rings (SSSR count). The van der Waals surface area contributed by atoms with Crippen molar-refractivity contribution in [1.29, 1.82) is 5.26 Å². The number of ether oxygens (including phenoxy) is 1. The van der Waals surface area contributed by atoms with Crippen LogP contribution in [0, 0.1) is 23.0 Å². The fourth-order valence-corrected chi connectivity index (χ4v) is 2.53. The van der Waals surface area contributed by atoms with E-state index in [2.05, 4.69) is 9.97 Å². The molecule has 0 amide bonds. The van der Waals surface area contributed by atoms with E-state index in [9.17, 15) is 14.0 Å². The molecular formula is C16H9ClF2N4O. The minimum absolute atomic E-state index is 0.0160. The molecule has 0 radical (unpaired) electrons. The van der Waals surface area contributed by atoms with Gasteiger partial charge in [-0.1, -0.05) is 11.6 Å². The highest BCUT2D eigenvalue weighted by molar-refractivity contribution is 6.31. The number of fused-ring (bicyclic) bond motifs is 1. The summed E-state index contributed by atoms with van der Waals surface area (Å²) in [6.07, 6.45) is 1.08. The normalized spacial score (nSPS) is 13.0. The zero-order chi connectivity index (χ0) is 19.9. The highest BCUT2D eigenvalue weighted by Gasteiger charge is 2.21. The number of nitrogens with two attached hydrogens (primary N) is 1. The smallest absolute Gasteiger partial charge is 0.152 e. The van der Waals surface area contributed by atoms with E-state index in [1.165, 1.54) is 6.07 Å². The van der Waals surface area contributed by atoms with E-state index in [1.54, 1.807) is 6.07 Å². The Morgan fingerprint density at radius 2 is 2.12 bits per heavy atom. The van der Waals surface area contributed by atoms with Gasteiger partial charge in [0.15, 0.2) is 5.82 Å².